The molecule has 0 atom stereocenters. The van der Waals surface area contributed by atoms with Crippen molar-refractivity contribution < 1.29 is 22.7 Å². The van der Waals surface area contributed by atoms with Crippen LogP contribution in [0.3, 0.4) is 0 Å². The van der Waals surface area contributed by atoms with Crippen molar-refractivity contribution in [2.45, 2.75) is 31.6 Å². The number of carbonyl (C=O) groups is 2. The number of carbonyl (C=O) groups excluding carboxylic acids is 2. The van der Waals surface area contributed by atoms with E-state index in [1.807, 2.05) is 13.0 Å². The molecule has 0 heterocycles. The molecule has 2 rings (SSSR count). The molecule has 2 N–H and O–H groups in total. The molecule has 150 valence electrons. The Labute approximate surface area is 165 Å². The molecular formula is C20H24N2O5S. The molecular weight excluding hydrogens is 380 g/mol. The van der Waals surface area contributed by atoms with Gasteiger partial charge < -0.3 is 10.1 Å². The maximum absolute atomic E-state index is 12.7. The van der Waals surface area contributed by atoms with Crippen LogP contribution in [-0.2, 0) is 19.6 Å². The molecule has 2 aromatic carbocycles. The Morgan fingerprint density at radius 1 is 1.07 bits per heavy atom. The van der Waals surface area contributed by atoms with Crippen molar-refractivity contribution in [3.8, 4) is 0 Å². The second-order valence-electron chi connectivity index (χ2n) is 6.39. The zero-order valence-electron chi connectivity index (χ0n) is 16.1. The Hall–Kier alpha value is -2.87. The summed E-state index contributed by atoms with van der Waals surface area (Å²) < 4.78 is 32.5. The van der Waals surface area contributed by atoms with Gasteiger partial charge in [0.25, 0.3) is 15.9 Å². The number of amides is 1. The molecule has 0 aliphatic carbocycles. The lowest BCUT2D eigenvalue weighted by Crippen LogP contribution is -2.25. The number of nitrogens with one attached hydrogen (secondary N) is 2. The molecule has 0 aliphatic heterocycles. The van der Waals surface area contributed by atoms with Gasteiger partial charge in [-0.3, -0.25) is 14.3 Å². The second-order valence-corrected chi connectivity index (χ2v) is 8.04. The molecule has 0 saturated heterocycles. The molecule has 0 unspecified atom stereocenters. The lowest BCUT2D eigenvalue weighted by atomic mass is 10.2. The Morgan fingerprint density at radius 3 is 2.54 bits per heavy atom. The fraction of sp³-hybridized carbons (Fsp3) is 0.300. The Kier molecular flexibility index (Phi) is 7.17. The molecule has 1 amide bonds. The first-order valence-corrected chi connectivity index (χ1v) is 10.3. The summed E-state index contributed by atoms with van der Waals surface area (Å²) in [5, 5.41) is 2.69. The number of rotatable bonds is 8. The van der Waals surface area contributed by atoms with Crippen molar-refractivity contribution in [2.24, 2.45) is 0 Å². The molecule has 0 aliphatic rings. The number of ether oxygens (including phenoxy) is 1. The van der Waals surface area contributed by atoms with Crippen molar-refractivity contribution in [2.75, 3.05) is 18.4 Å². The lowest BCUT2D eigenvalue weighted by Gasteiger charge is -2.12. The summed E-state index contributed by atoms with van der Waals surface area (Å²) in [5.41, 5.74) is 2.09. The van der Waals surface area contributed by atoms with E-state index in [0.717, 1.165) is 5.56 Å². The van der Waals surface area contributed by atoms with E-state index in [4.69, 9.17) is 0 Å². The maximum Gasteiger partial charge on any atom is 0.305 e. The van der Waals surface area contributed by atoms with E-state index < -0.39 is 10.0 Å². The van der Waals surface area contributed by atoms with E-state index in [-0.39, 0.29) is 23.2 Å². The molecule has 0 fully saturated rings. The smallest absolute Gasteiger partial charge is 0.305 e. The van der Waals surface area contributed by atoms with Gasteiger partial charge in [0.15, 0.2) is 0 Å². The van der Waals surface area contributed by atoms with Gasteiger partial charge in [0.2, 0.25) is 0 Å². The van der Waals surface area contributed by atoms with Crippen molar-refractivity contribution in [1.82, 2.24) is 5.32 Å². The van der Waals surface area contributed by atoms with Crippen LogP contribution in [-0.4, -0.2) is 33.9 Å². The standard InChI is InChI=1S/C20H24N2O5S/c1-14-9-10-15(2)18(12-14)28(25,26)22-17-7-4-6-16(13-17)20(24)21-11-5-8-19(23)27-3/h4,6-7,9-10,12-13,22H,5,8,11H2,1-3H3,(H,21,24). The number of sulfonamides is 1. The number of aryl methyl sites for hydroxylation is 2. The zero-order valence-corrected chi connectivity index (χ0v) is 16.9. The largest absolute Gasteiger partial charge is 0.469 e. The monoisotopic (exact) mass is 404 g/mol. The summed E-state index contributed by atoms with van der Waals surface area (Å²) in [6.45, 7) is 3.86. The summed E-state index contributed by atoms with van der Waals surface area (Å²) in [4.78, 5) is 23.5. The van der Waals surface area contributed by atoms with Gasteiger partial charge in [-0.05, 0) is 55.7 Å². The highest BCUT2D eigenvalue weighted by atomic mass is 32.2. The highest BCUT2D eigenvalue weighted by molar-refractivity contribution is 7.92. The van der Waals surface area contributed by atoms with Crippen LogP contribution in [0.4, 0.5) is 5.69 Å². The maximum atomic E-state index is 12.7. The van der Waals surface area contributed by atoms with Gasteiger partial charge in [-0.2, -0.15) is 0 Å². The molecule has 0 bridgehead atoms. The minimum Gasteiger partial charge on any atom is -0.469 e. The molecule has 2 aromatic rings. The van der Waals surface area contributed by atoms with Crippen LogP contribution in [0.5, 0.6) is 0 Å². The summed E-state index contributed by atoms with van der Waals surface area (Å²) in [6, 6.07) is 11.4. The number of methoxy groups -OCH3 is 1. The fourth-order valence-electron chi connectivity index (χ4n) is 2.57. The average Bonchev–Trinajstić information content (AvgIpc) is 2.66. The third kappa shape index (κ3) is 5.82. The molecule has 7 nitrogen and oxygen atoms in total. The van der Waals surface area contributed by atoms with Crippen molar-refractivity contribution in [3.05, 3.63) is 59.2 Å². The number of hydrogen-bond donors (Lipinski definition) is 2. The number of esters is 1. The van der Waals surface area contributed by atoms with Crippen LogP contribution < -0.4 is 10.0 Å². The molecule has 28 heavy (non-hydrogen) atoms. The predicted molar refractivity (Wildman–Crippen MR) is 107 cm³/mol. The van der Waals surface area contributed by atoms with Crippen LogP contribution >= 0.6 is 0 Å². The summed E-state index contributed by atoms with van der Waals surface area (Å²) in [7, 11) is -2.46. The van der Waals surface area contributed by atoms with Crippen LogP contribution in [0.1, 0.15) is 34.3 Å². The first-order chi connectivity index (χ1) is 13.2. The van der Waals surface area contributed by atoms with Crippen LogP contribution in [0.25, 0.3) is 0 Å². The molecule has 0 saturated carbocycles. The van der Waals surface area contributed by atoms with Crippen molar-refractivity contribution >= 4 is 27.6 Å². The summed E-state index contributed by atoms with van der Waals surface area (Å²) in [5.74, 6) is -0.685. The molecule has 0 aromatic heterocycles. The fourth-order valence-corrected chi connectivity index (χ4v) is 3.95. The minimum atomic E-state index is -3.78. The summed E-state index contributed by atoms with van der Waals surface area (Å²) >= 11 is 0. The van der Waals surface area contributed by atoms with Gasteiger partial charge in [0.05, 0.1) is 12.0 Å². The highest BCUT2D eigenvalue weighted by Crippen LogP contribution is 2.21. The van der Waals surface area contributed by atoms with Gasteiger partial charge in [-0.15, -0.1) is 0 Å². The second kappa shape index (κ2) is 9.36. The zero-order chi connectivity index (χ0) is 20.7. The lowest BCUT2D eigenvalue weighted by molar-refractivity contribution is -0.140. The highest BCUT2D eigenvalue weighted by Gasteiger charge is 2.18. The van der Waals surface area contributed by atoms with Crippen LogP contribution in [0.15, 0.2) is 47.4 Å². The summed E-state index contributed by atoms with van der Waals surface area (Å²) in [6.07, 6.45) is 0.670. The average molecular weight is 404 g/mol. The first kappa shape index (κ1) is 21.4. The molecule has 0 spiro atoms. The Morgan fingerprint density at radius 2 is 1.82 bits per heavy atom. The van der Waals surface area contributed by atoms with E-state index in [2.05, 4.69) is 14.8 Å². The van der Waals surface area contributed by atoms with Gasteiger partial charge in [-0.25, -0.2) is 8.42 Å². The van der Waals surface area contributed by atoms with Gasteiger partial charge in [0, 0.05) is 24.2 Å². The SMILES string of the molecule is COC(=O)CCCNC(=O)c1cccc(NS(=O)(=O)c2cc(C)ccc2C)c1. The van der Waals surface area contributed by atoms with Crippen molar-refractivity contribution in [1.29, 1.82) is 0 Å². The van der Waals surface area contributed by atoms with Gasteiger partial charge in [0.1, 0.15) is 0 Å². The van der Waals surface area contributed by atoms with Crippen molar-refractivity contribution in [3.63, 3.8) is 0 Å². The number of anilines is 1. The van der Waals surface area contributed by atoms with Crippen LogP contribution in [0, 0.1) is 13.8 Å². The number of hydrogen-bond acceptors (Lipinski definition) is 5. The third-order valence-corrected chi connectivity index (χ3v) is 5.60. The van der Waals surface area contributed by atoms with E-state index in [1.165, 1.54) is 13.2 Å². The van der Waals surface area contributed by atoms with E-state index in [0.29, 0.717) is 29.8 Å². The predicted octanol–water partition coefficient (Wildman–Crippen LogP) is 2.79. The Bertz CT molecular complexity index is 970. The van der Waals surface area contributed by atoms with E-state index in [9.17, 15) is 18.0 Å². The molecule has 0 radical (unpaired) electrons. The van der Waals surface area contributed by atoms with Gasteiger partial charge >= 0.3 is 5.97 Å². The number of benzene rings is 2. The third-order valence-electron chi connectivity index (χ3n) is 4.08. The molecule has 8 heteroatoms. The van der Waals surface area contributed by atoms with E-state index >= 15 is 0 Å². The normalized spacial score (nSPS) is 11.0. The Balaban J connectivity index is 2.07. The first-order valence-electron chi connectivity index (χ1n) is 8.78. The quantitative estimate of drug-likeness (QED) is 0.520. The van der Waals surface area contributed by atoms with Gasteiger partial charge in [-0.1, -0.05) is 18.2 Å². The van der Waals surface area contributed by atoms with Crippen LogP contribution in [0.2, 0.25) is 0 Å². The topological polar surface area (TPSA) is 102 Å². The van der Waals surface area contributed by atoms with E-state index in [1.54, 1.807) is 37.3 Å². The minimum absolute atomic E-state index is 0.199.